The summed E-state index contributed by atoms with van der Waals surface area (Å²) in [6.07, 6.45) is 5.97. The van der Waals surface area contributed by atoms with Gasteiger partial charge in [0.2, 0.25) is 5.89 Å². The molecular formula is C20H21N7O2. The van der Waals surface area contributed by atoms with Gasteiger partial charge >= 0.3 is 6.01 Å². The summed E-state index contributed by atoms with van der Waals surface area (Å²) in [4.78, 5) is 15.0. The Hall–Kier alpha value is -3.46. The average Bonchev–Trinajstić information content (AvgIpc) is 3.47. The van der Waals surface area contributed by atoms with Crippen LogP contribution in [0.3, 0.4) is 0 Å². The molecule has 0 saturated carbocycles. The number of benzene rings is 1. The van der Waals surface area contributed by atoms with Gasteiger partial charge in [-0.1, -0.05) is 5.10 Å². The molecule has 1 aliphatic rings. The molecule has 1 atom stereocenters. The van der Waals surface area contributed by atoms with E-state index in [1.54, 1.807) is 13.3 Å². The van der Waals surface area contributed by atoms with Crippen LogP contribution >= 0.6 is 0 Å². The highest BCUT2D eigenvalue weighted by atomic mass is 16.5. The maximum atomic E-state index is 5.56. The van der Waals surface area contributed by atoms with Gasteiger partial charge in [-0.05, 0) is 37.1 Å². The first kappa shape index (κ1) is 17.6. The molecule has 0 radical (unpaired) electrons. The average molecular weight is 391 g/mol. The molecular weight excluding hydrogens is 370 g/mol. The van der Waals surface area contributed by atoms with E-state index >= 15 is 0 Å². The molecule has 3 N–H and O–H groups in total. The van der Waals surface area contributed by atoms with E-state index in [-0.39, 0.29) is 6.01 Å². The number of methoxy groups -OCH3 is 1. The fourth-order valence-corrected chi connectivity index (χ4v) is 3.93. The van der Waals surface area contributed by atoms with Crippen LogP contribution in [0.1, 0.15) is 12.8 Å². The molecule has 4 heterocycles. The van der Waals surface area contributed by atoms with Gasteiger partial charge in [-0.15, -0.1) is 5.10 Å². The number of hydrogen-bond acceptors (Lipinski definition) is 8. The fraction of sp³-hybridized carbons (Fsp3) is 0.300. The Kier molecular flexibility index (Phi) is 4.36. The lowest BCUT2D eigenvalue weighted by Crippen LogP contribution is -2.33. The molecule has 0 amide bonds. The van der Waals surface area contributed by atoms with Crippen LogP contribution in [0.4, 0.5) is 11.8 Å². The number of aromatic nitrogens is 5. The van der Waals surface area contributed by atoms with Gasteiger partial charge in [-0.25, -0.2) is 9.97 Å². The number of aromatic amines is 1. The molecule has 5 rings (SSSR count). The number of rotatable bonds is 5. The number of nitrogens with zero attached hydrogens (tertiary/aromatic N) is 5. The molecule has 4 aromatic rings. The van der Waals surface area contributed by atoms with Gasteiger partial charge < -0.3 is 24.8 Å². The second kappa shape index (κ2) is 7.17. The third kappa shape index (κ3) is 3.19. The van der Waals surface area contributed by atoms with Crippen LogP contribution in [0.5, 0.6) is 0 Å². The minimum atomic E-state index is 0.0432. The summed E-state index contributed by atoms with van der Waals surface area (Å²) < 4.78 is 10.7. The Labute approximate surface area is 166 Å². The third-order valence-corrected chi connectivity index (χ3v) is 5.28. The van der Waals surface area contributed by atoms with Crippen molar-refractivity contribution in [3.63, 3.8) is 0 Å². The zero-order chi connectivity index (χ0) is 19.8. The van der Waals surface area contributed by atoms with Gasteiger partial charge in [0, 0.05) is 48.1 Å². The minimum Gasteiger partial charge on any atom is -0.404 e. The summed E-state index contributed by atoms with van der Waals surface area (Å²) in [5.41, 5.74) is 8.24. The Morgan fingerprint density at radius 2 is 2.24 bits per heavy atom. The molecule has 1 fully saturated rings. The lowest BCUT2D eigenvalue weighted by molar-refractivity contribution is 0.180. The van der Waals surface area contributed by atoms with Crippen molar-refractivity contribution in [3.05, 3.63) is 36.7 Å². The predicted molar refractivity (Wildman–Crippen MR) is 109 cm³/mol. The molecule has 0 bridgehead atoms. The van der Waals surface area contributed by atoms with Gasteiger partial charge in [0.05, 0.1) is 12.6 Å². The van der Waals surface area contributed by atoms with E-state index in [1.807, 2.05) is 30.5 Å². The summed E-state index contributed by atoms with van der Waals surface area (Å²) in [7, 11) is 1.74. The second-order valence-electron chi connectivity index (χ2n) is 7.09. The number of nitrogen functional groups attached to an aromatic ring is 1. The molecule has 3 aromatic heterocycles. The number of nitrogens with one attached hydrogen (secondary N) is 1. The van der Waals surface area contributed by atoms with E-state index in [9.17, 15) is 0 Å². The summed E-state index contributed by atoms with van der Waals surface area (Å²) in [6.45, 7) is 1.67. The predicted octanol–water partition coefficient (Wildman–Crippen LogP) is 2.87. The molecule has 1 saturated heterocycles. The smallest absolute Gasteiger partial charge is 0.313 e. The van der Waals surface area contributed by atoms with E-state index in [4.69, 9.17) is 19.9 Å². The first-order valence-corrected chi connectivity index (χ1v) is 9.52. The zero-order valence-electron chi connectivity index (χ0n) is 16.0. The van der Waals surface area contributed by atoms with Crippen LogP contribution in [0.2, 0.25) is 0 Å². The van der Waals surface area contributed by atoms with Crippen molar-refractivity contribution in [2.24, 2.45) is 0 Å². The van der Waals surface area contributed by atoms with Crippen molar-refractivity contribution in [3.8, 4) is 22.8 Å². The molecule has 1 aromatic carbocycles. The molecule has 0 aliphatic carbocycles. The van der Waals surface area contributed by atoms with Crippen molar-refractivity contribution in [1.82, 2.24) is 25.1 Å². The van der Waals surface area contributed by atoms with E-state index in [2.05, 4.69) is 25.1 Å². The Morgan fingerprint density at radius 3 is 3.07 bits per heavy atom. The summed E-state index contributed by atoms with van der Waals surface area (Å²) >= 11 is 0. The Balaban J connectivity index is 1.54. The van der Waals surface area contributed by atoms with Gasteiger partial charge in [-0.2, -0.15) is 0 Å². The molecule has 0 spiro atoms. The van der Waals surface area contributed by atoms with Gasteiger partial charge in [0.15, 0.2) is 5.82 Å². The zero-order valence-corrected chi connectivity index (χ0v) is 16.0. The molecule has 1 aliphatic heterocycles. The number of fused-ring (bicyclic) bond motifs is 1. The van der Waals surface area contributed by atoms with Crippen molar-refractivity contribution in [1.29, 1.82) is 0 Å². The number of ether oxygens (including phenoxy) is 1. The summed E-state index contributed by atoms with van der Waals surface area (Å²) in [5, 5.41) is 8.68. The highest BCUT2D eigenvalue weighted by Gasteiger charge is 2.26. The van der Waals surface area contributed by atoms with Crippen molar-refractivity contribution >= 4 is 22.7 Å². The monoisotopic (exact) mass is 391 g/mol. The molecule has 29 heavy (non-hydrogen) atoms. The van der Waals surface area contributed by atoms with Crippen molar-refractivity contribution in [2.45, 2.75) is 18.9 Å². The Bertz CT molecular complexity index is 1150. The minimum absolute atomic E-state index is 0.0432. The van der Waals surface area contributed by atoms with Crippen LogP contribution in [0, 0.1) is 0 Å². The number of nitrogens with two attached hydrogens (primary N) is 1. The standard InChI is InChI=1S/C20H21N7O2/c1-28-11-13-3-2-8-27(13)17-6-7-22-18(24-17)15-10-23-16-5-4-12(9-14(15)16)19-25-26-20(21)29-19/h4-7,9-10,13,23H,2-3,8,11H2,1H3,(H2,21,26)/t13-/m1/s1. The van der Waals surface area contributed by atoms with Crippen molar-refractivity contribution < 1.29 is 9.15 Å². The maximum Gasteiger partial charge on any atom is 0.313 e. The van der Waals surface area contributed by atoms with Crippen LogP contribution < -0.4 is 10.6 Å². The van der Waals surface area contributed by atoms with Crippen molar-refractivity contribution in [2.75, 3.05) is 30.9 Å². The Morgan fingerprint density at radius 1 is 1.31 bits per heavy atom. The van der Waals surface area contributed by atoms with Gasteiger partial charge in [0.1, 0.15) is 5.82 Å². The van der Waals surface area contributed by atoms with Crippen LogP contribution in [-0.4, -0.2) is 51.5 Å². The topological polar surface area (TPSA) is 119 Å². The van der Waals surface area contributed by atoms with Crippen LogP contribution in [-0.2, 0) is 4.74 Å². The first-order chi connectivity index (χ1) is 14.2. The number of H-pyrrole nitrogens is 1. The van der Waals surface area contributed by atoms with E-state index in [1.165, 1.54) is 0 Å². The number of hydrogen-bond donors (Lipinski definition) is 2. The SMILES string of the molecule is COC[C@H]1CCCN1c1ccnc(-c2c[nH]c3ccc(-c4nnc(N)o4)cc23)n1. The quantitative estimate of drug-likeness (QED) is 0.533. The highest BCUT2D eigenvalue weighted by molar-refractivity contribution is 5.96. The third-order valence-electron chi connectivity index (χ3n) is 5.28. The summed E-state index contributed by atoms with van der Waals surface area (Å²) in [6, 6.07) is 8.20. The normalized spacial score (nSPS) is 16.7. The fourth-order valence-electron chi connectivity index (χ4n) is 3.93. The lowest BCUT2D eigenvalue weighted by Gasteiger charge is -2.25. The highest BCUT2D eigenvalue weighted by Crippen LogP contribution is 2.32. The summed E-state index contributed by atoms with van der Waals surface area (Å²) in [5.74, 6) is 1.97. The van der Waals surface area contributed by atoms with E-state index < -0.39 is 0 Å². The maximum absolute atomic E-state index is 5.56. The molecule has 9 heteroatoms. The van der Waals surface area contributed by atoms with Gasteiger partial charge in [0.25, 0.3) is 0 Å². The first-order valence-electron chi connectivity index (χ1n) is 9.52. The molecule has 0 unspecified atom stereocenters. The van der Waals surface area contributed by atoms with Gasteiger partial charge in [-0.3, -0.25) is 0 Å². The van der Waals surface area contributed by atoms with E-state index in [0.717, 1.165) is 47.2 Å². The van der Waals surface area contributed by atoms with E-state index in [0.29, 0.717) is 24.4 Å². The second-order valence-corrected chi connectivity index (χ2v) is 7.09. The van der Waals surface area contributed by atoms with Crippen LogP contribution in [0.15, 0.2) is 41.1 Å². The molecule has 148 valence electrons. The lowest BCUT2D eigenvalue weighted by atomic mass is 10.1. The van der Waals surface area contributed by atoms with Crippen LogP contribution in [0.25, 0.3) is 33.7 Å². The largest absolute Gasteiger partial charge is 0.404 e. The number of anilines is 2. The molecule has 9 nitrogen and oxygen atoms in total.